The van der Waals surface area contributed by atoms with Gasteiger partial charge in [0.25, 0.3) is 0 Å². The highest BCUT2D eigenvalue weighted by molar-refractivity contribution is 4.93. The minimum atomic E-state index is -4.02. The summed E-state index contributed by atoms with van der Waals surface area (Å²) in [4.78, 5) is 2.19. The monoisotopic (exact) mass is 292 g/mol. The molecule has 1 aliphatic heterocycles. The SMILES string of the molecule is CC1(C)CCCC(CN2CCC(C(F)(F)F)CC2)C1N. The Morgan fingerprint density at radius 3 is 2.30 bits per heavy atom. The number of hydrogen-bond donors (Lipinski definition) is 1. The number of alkyl halides is 3. The van der Waals surface area contributed by atoms with Gasteiger partial charge in [0.15, 0.2) is 0 Å². The maximum atomic E-state index is 12.7. The maximum Gasteiger partial charge on any atom is 0.391 e. The second-order valence-corrected chi connectivity index (χ2v) is 7.28. The summed E-state index contributed by atoms with van der Waals surface area (Å²) in [6, 6.07) is 0.164. The first-order valence-corrected chi connectivity index (χ1v) is 7.75. The Bertz CT molecular complexity index is 320. The van der Waals surface area contributed by atoms with E-state index in [9.17, 15) is 13.2 Å². The molecule has 118 valence electrons. The Morgan fingerprint density at radius 2 is 1.75 bits per heavy atom. The van der Waals surface area contributed by atoms with Gasteiger partial charge in [-0.1, -0.05) is 20.3 Å². The Hall–Kier alpha value is -0.290. The largest absolute Gasteiger partial charge is 0.391 e. The van der Waals surface area contributed by atoms with Gasteiger partial charge >= 0.3 is 6.18 Å². The first-order valence-electron chi connectivity index (χ1n) is 7.75. The van der Waals surface area contributed by atoms with Crippen molar-refractivity contribution in [3.63, 3.8) is 0 Å². The molecule has 2 aliphatic rings. The van der Waals surface area contributed by atoms with Crippen molar-refractivity contribution in [3.05, 3.63) is 0 Å². The standard InChI is InChI=1S/C15H27F3N2/c1-14(2)7-3-4-11(13(14)19)10-20-8-5-12(6-9-20)15(16,17)18/h11-13H,3-10,19H2,1-2H3. The number of likely N-dealkylation sites (tertiary alicyclic amines) is 1. The predicted octanol–water partition coefficient (Wildman–Crippen LogP) is 3.41. The average molecular weight is 292 g/mol. The molecule has 5 heteroatoms. The fraction of sp³-hybridized carbons (Fsp3) is 1.00. The number of rotatable bonds is 2. The van der Waals surface area contributed by atoms with Crippen molar-refractivity contribution in [1.29, 1.82) is 0 Å². The fourth-order valence-corrected chi connectivity index (χ4v) is 3.78. The second kappa shape index (κ2) is 5.84. The second-order valence-electron chi connectivity index (χ2n) is 7.28. The normalized spacial score (nSPS) is 33.3. The van der Waals surface area contributed by atoms with Crippen molar-refractivity contribution in [2.75, 3.05) is 19.6 Å². The van der Waals surface area contributed by atoms with Gasteiger partial charge in [0, 0.05) is 12.6 Å². The van der Waals surface area contributed by atoms with E-state index in [-0.39, 0.29) is 24.3 Å². The van der Waals surface area contributed by atoms with Crippen LogP contribution in [0.25, 0.3) is 0 Å². The molecule has 0 spiro atoms. The molecule has 0 bridgehead atoms. The quantitative estimate of drug-likeness (QED) is 0.845. The zero-order valence-corrected chi connectivity index (χ0v) is 12.5. The van der Waals surface area contributed by atoms with E-state index < -0.39 is 12.1 Å². The van der Waals surface area contributed by atoms with Crippen LogP contribution in [0.5, 0.6) is 0 Å². The summed E-state index contributed by atoms with van der Waals surface area (Å²) >= 11 is 0. The van der Waals surface area contributed by atoms with Crippen LogP contribution in [0.2, 0.25) is 0 Å². The van der Waals surface area contributed by atoms with Gasteiger partial charge in [0.1, 0.15) is 0 Å². The molecule has 2 nitrogen and oxygen atoms in total. The minimum absolute atomic E-state index is 0.160. The molecule has 2 N–H and O–H groups in total. The molecule has 2 fully saturated rings. The Kier molecular flexibility index (Phi) is 4.69. The van der Waals surface area contributed by atoms with E-state index in [0.29, 0.717) is 19.0 Å². The third kappa shape index (κ3) is 3.67. The van der Waals surface area contributed by atoms with E-state index in [0.717, 1.165) is 19.4 Å². The molecule has 0 aromatic rings. The molecule has 2 atom stereocenters. The van der Waals surface area contributed by atoms with Crippen molar-refractivity contribution >= 4 is 0 Å². The van der Waals surface area contributed by atoms with Crippen LogP contribution in [-0.4, -0.2) is 36.8 Å². The van der Waals surface area contributed by atoms with Crippen LogP contribution in [0.4, 0.5) is 13.2 Å². The summed E-state index contributed by atoms with van der Waals surface area (Å²) in [5.74, 6) is -0.670. The lowest BCUT2D eigenvalue weighted by Gasteiger charge is -2.44. The Morgan fingerprint density at radius 1 is 1.15 bits per heavy atom. The van der Waals surface area contributed by atoms with Gasteiger partial charge in [0.05, 0.1) is 5.92 Å². The zero-order valence-electron chi connectivity index (χ0n) is 12.5. The summed E-state index contributed by atoms with van der Waals surface area (Å²) in [5, 5.41) is 0. The van der Waals surface area contributed by atoms with Crippen molar-refractivity contribution < 1.29 is 13.2 Å². The van der Waals surface area contributed by atoms with E-state index in [1.807, 2.05) is 0 Å². The lowest BCUT2D eigenvalue weighted by molar-refractivity contribution is -0.185. The van der Waals surface area contributed by atoms with Crippen LogP contribution in [0.3, 0.4) is 0 Å². The summed E-state index contributed by atoms with van der Waals surface area (Å²) in [6.07, 6.45) is -0.0754. The molecule has 0 radical (unpaired) electrons. The van der Waals surface area contributed by atoms with Gasteiger partial charge in [-0.3, -0.25) is 0 Å². The molecule has 1 saturated carbocycles. The van der Waals surface area contributed by atoms with Crippen molar-refractivity contribution in [2.45, 2.75) is 58.2 Å². The molecule has 20 heavy (non-hydrogen) atoms. The average Bonchev–Trinajstić information content (AvgIpc) is 2.34. The van der Waals surface area contributed by atoms with Crippen LogP contribution in [0.15, 0.2) is 0 Å². The van der Waals surface area contributed by atoms with Crippen LogP contribution < -0.4 is 5.73 Å². The van der Waals surface area contributed by atoms with Crippen molar-refractivity contribution in [3.8, 4) is 0 Å². The number of nitrogens with zero attached hydrogens (tertiary/aromatic N) is 1. The van der Waals surface area contributed by atoms with E-state index >= 15 is 0 Å². The number of hydrogen-bond acceptors (Lipinski definition) is 2. The van der Waals surface area contributed by atoms with Gasteiger partial charge in [0.2, 0.25) is 0 Å². The number of piperidine rings is 1. The topological polar surface area (TPSA) is 29.3 Å². The first-order chi connectivity index (χ1) is 9.20. The summed E-state index contributed by atoms with van der Waals surface area (Å²) in [7, 11) is 0. The van der Waals surface area contributed by atoms with Crippen molar-refractivity contribution in [2.24, 2.45) is 23.0 Å². The molecule has 2 rings (SSSR count). The minimum Gasteiger partial charge on any atom is -0.327 e. The number of halogens is 3. The van der Waals surface area contributed by atoms with Crippen LogP contribution in [0.1, 0.15) is 46.0 Å². The molecule has 2 unspecified atom stereocenters. The third-order valence-electron chi connectivity index (χ3n) is 5.35. The molecular weight excluding hydrogens is 265 g/mol. The molecule has 0 aromatic carbocycles. The summed E-state index contributed by atoms with van der Waals surface area (Å²) in [6.45, 7) is 6.41. The third-order valence-corrected chi connectivity index (χ3v) is 5.35. The predicted molar refractivity (Wildman–Crippen MR) is 74.3 cm³/mol. The van der Waals surface area contributed by atoms with Gasteiger partial charge < -0.3 is 10.6 Å². The molecule has 1 heterocycles. The van der Waals surface area contributed by atoms with E-state index in [4.69, 9.17) is 5.73 Å². The van der Waals surface area contributed by atoms with E-state index in [1.54, 1.807) is 0 Å². The first kappa shape index (κ1) is 16.1. The fourth-order valence-electron chi connectivity index (χ4n) is 3.78. The number of nitrogens with two attached hydrogens (primary N) is 1. The molecule has 1 saturated heterocycles. The molecular formula is C15H27F3N2. The van der Waals surface area contributed by atoms with Gasteiger partial charge in [-0.25, -0.2) is 0 Å². The maximum absolute atomic E-state index is 12.7. The molecule has 0 aromatic heterocycles. The lowest BCUT2D eigenvalue weighted by atomic mass is 9.68. The van der Waals surface area contributed by atoms with E-state index in [1.165, 1.54) is 6.42 Å². The smallest absolute Gasteiger partial charge is 0.327 e. The Labute approximate surface area is 119 Å². The van der Waals surface area contributed by atoms with Gasteiger partial charge in [-0.05, 0) is 50.1 Å². The van der Waals surface area contributed by atoms with E-state index in [2.05, 4.69) is 18.7 Å². The highest BCUT2D eigenvalue weighted by atomic mass is 19.4. The zero-order chi connectivity index (χ0) is 15.0. The molecule has 1 aliphatic carbocycles. The highest BCUT2D eigenvalue weighted by Gasteiger charge is 2.42. The van der Waals surface area contributed by atoms with Crippen molar-refractivity contribution in [1.82, 2.24) is 4.90 Å². The summed E-state index contributed by atoms with van der Waals surface area (Å²) < 4.78 is 38.0. The summed E-state index contributed by atoms with van der Waals surface area (Å²) in [5.41, 5.74) is 6.52. The Balaban J connectivity index is 1.84. The van der Waals surface area contributed by atoms with Gasteiger partial charge in [-0.15, -0.1) is 0 Å². The lowest BCUT2D eigenvalue weighted by Crippen LogP contribution is -2.51. The van der Waals surface area contributed by atoms with Crippen LogP contribution in [-0.2, 0) is 0 Å². The molecule has 0 amide bonds. The van der Waals surface area contributed by atoms with Crippen LogP contribution >= 0.6 is 0 Å². The van der Waals surface area contributed by atoms with Gasteiger partial charge in [-0.2, -0.15) is 13.2 Å². The van der Waals surface area contributed by atoms with Crippen LogP contribution in [0, 0.1) is 17.3 Å². The highest BCUT2D eigenvalue weighted by Crippen LogP contribution is 2.39.